The molecule has 2 aromatic rings. The van der Waals surface area contributed by atoms with Gasteiger partial charge in [0, 0.05) is 12.1 Å². The van der Waals surface area contributed by atoms with Crippen LogP contribution in [0.15, 0.2) is 48.5 Å². The van der Waals surface area contributed by atoms with E-state index >= 15 is 0 Å². The van der Waals surface area contributed by atoms with E-state index in [2.05, 4.69) is 5.32 Å². The summed E-state index contributed by atoms with van der Waals surface area (Å²) in [6.45, 7) is 1.55. The van der Waals surface area contributed by atoms with Crippen LogP contribution >= 0.6 is 0 Å². The number of aryl methyl sites for hydroxylation is 1. The molecule has 0 aliphatic carbocycles. The van der Waals surface area contributed by atoms with Crippen LogP contribution in [0.1, 0.15) is 11.1 Å². The molecule has 0 unspecified atom stereocenters. The fourth-order valence-electron chi connectivity index (χ4n) is 2.20. The zero-order chi connectivity index (χ0) is 18.9. The van der Waals surface area contributed by atoms with E-state index in [1.54, 1.807) is 24.3 Å². The first kappa shape index (κ1) is 19.1. The van der Waals surface area contributed by atoms with Gasteiger partial charge in [0.25, 0.3) is 5.91 Å². The molecule has 0 saturated heterocycles. The molecule has 136 valence electrons. The molecule has 0 aromatic heterocycles. The first-order chi connectivity index (χ1) is 12.5. The Hall–Kier alpha value is -3.28. The number of nitrogens with one attached hydrogen (secondary N) is 1. The van der Waals surface area contributed by atoms with E-state index in [9.17, 15) is 9.59 Å². The lowest BCUT2D eigenvalue weighted by atomic mass is 10.1. The molecule has 26 heavy (non-hydrogen) atoms. The first-order valence-corrected chi connectivity index (χ1v) is 7.96. The molecule has 0 bridgehead atoms. The van der Waals surface area contributed by atoms with Gasteiger partial charge >= 0.3 is 5.97 Å². The summed E-state index contributed by atoms with van der Waals surface area (Å²) in [5.74, 6) is -0.00713. The predicted octanol–water partition coefficient (Wildman–Crippen LogP) is 3.21. The zero-order valence-electron chi connectivity index (χ0n) is 14.9. The van der Waals surface area contributed by atoms with Crippen molar-refractivity contribution >= 4 is 23.6 Å². The second-order valence-electron chi connectivity index (χ2n) is 5.41. The molecule has 0 aliphatic rings. The lowest BCUT2D eigenvalue weighted by Gasteiger charge is -2.11. The highest BCUT2D eigenvalue weighted by Crippen LogP contribution is 2.28. The van der Waals surface area contributed by atoms with Crippen LogP contribution in [0.25, 0.3) is 6.08 Å². The lowest BCUT2D eigenvalue weighted by molar-refractivity contribution is -0.142. The molecular weight excluding hydrogens is 334 g/mol. The maximum absolute atomic E-state index is 12.0. The Morgan fingerprint density at radius 1 is 1.08 bits per heavy atom. The van der Waals surface area contributed by atoms with E-state index in [0.717, 1.165) is 11.1 Å². The lowest BCUT2D eigenvalue weighted by Crippen LogP contribution is -2.20. The fraction of sp³-hybridized carbons (Fsp3) is 0.200. The minimum atomic E-state index is -0.593. The van der Waals surface area contributed by atoms with Gasteiger partial charge in [0.2, 0.25) is 0 Å². The molecule has 0 aliphatic heterocycles. The SMILES string of the molecule is COc1ccc(NC(=O)COC(=O)/C=C/c2ccccc2C)c(OC)c1. The number of amides is 1. The van der Waals surface area contributed by atoms with Crippen LogP contribution < -0.4 is 14.8 Å². The number of carbonyl (C=O) groups excluding carboxylic acids is 2. The van der Waals surface area contributed by atoms with E-state index in [4.69, 9.17) is 14.2 Å². The van der Waals surface area contributed by atoms with Crippen molar-refractivity contribution in [3.8, 4) is 11.5 Å². The molecule has 6 nitrogen and oxygen atoms in total. The van der Waals surface area contributed by atoms with Crippen LogP contribution in [-0.2, 0) is 14.3 Å². The first-order valence-electron chi connectivity index (χ1n) is 7.96. The fourth-order valence-corrected chi connectivity index (χ4v) is 2.20. The number of ether oxygens (including phenoxy) is 3. The molecule has 1 amide bonds. The highest BCUT2D eigenvalue weighted by molar-refractivity contribution is 5.95. The van der Waals surface area contributed by atoms with Crippen LogP contribution in [0, 0.1) is 6.92 Å². The maximum atomic E-state index is 12.0. The number of carbonyl (C=O) groups is 2. The van der Waals surface area contributed by atoms with Crippen molar-refractivity contribution in [1.29, 1.82) is 0 Å². The van der Waals surface area contributed by atoms with Crippen LogP contribution in [0.3, 0.4) is 0 Å². The second kappa shape index (κ2) is 9.27. The highest BCUT2D eigenvalue weighted by atomic mass is 16.5. The van der Waals surface area contributed by atoms with Gasteiger partial charge in [-0.2, -0.15) is 0 Å². The van der Waals surface area contributed by atoms with Crippen LogP contribution in [0.5, 0.6) is 11.5 Å². The van der Waals surface area contributed by atoms with E-state index < -0.39 is 18.5 Å². The topological polar surface area (TPSA) is 73.9 Å². The molecule has 1 N–H and O–H groups in total. The smallest absolute Gasteiger partial charge is 0.331 e. The molecule has 0 fully saturated rings. The quantitative estimate of drug-likeness (QED) is 0.610. The summed E-state index contributed by atoms with van der Waals surface area (Å²) in [5, 5.41) is 2.63. The molecule has 0 spiro atoms. The molecule has 0 saturated carbocycles. The Balaban J connectivity index is 1.89. The van der Waals surface area contributed by atoms with E-state index in [0.29, 0.717) is 17.2 Å². The number of rotatable bonds is 7. The molecule has 6 heteroatoms. The zero-order valence-corrected chi connectivity index (χ0v) is 14.9. The normalized spacial score (nSPS) is 10.4. The van der Waals surface area contributed by atoms with Gasteiger partial charge in [0.1, 0.15) is 11.5 Å². The van der Waals surface area contributed by atoms with Crippen molar-refractivity contribution in [2.24, 2.45) is 0 Å². The van der Waals surface area contributed by atoms with E-state index in [1.807, 2.05) is 31.2 Å². The van der Waals surface area contributed by atoms with Crippen LogP contribution in [-0.4, -0.2) is 32.7 Å². The minimum absolute atomic E-state index is 0.397. The monoisotopic (exact) mass is 355 g/mol. The summed E-state index contributed by atoms with van der Waals surface area (Å²) in [7, 11) is 3.03. The Morgan fingerprint density at radius 3 is 2.54 bits per heavy atom. The molecule has 0 heterocycles. The number of anilines is 1. The van der Waals surface area contributed by atoms with Gasteiger partial charge in [-0.1, -0.05) is 24.3 Å². The predicted molar refractivity (Wildman–Crippen MR) is 99.3 cm³/mol. The van der Waals surface area contributed by atoms with Crippen molar-refractivity contribution in [1.82, 2.24) is 0 Å². The summed E-state index contributed by atoms with van der Waals surface area (Å²) in [4.78, 5) is 23.7. The molecule has 0 radical (unpaired) electrons. The number of hydrogen-bond donors (Lipinski definition) is 1. The number of methoxy groups -OCH3 is 2. The van der Waals surface area contributed by atoms with Crippen molar-refractivity contribution in [3.63, 3.8) is 0 Å². The molecular formula is C20H21NO5. The summed E-state index contributed by atoms with van der Waals surface area (Å²) in [6, 6.07) is 12.6. The van der Waals surface area contributed by atoms with Crippen LogP contribution in [0.2, 0.25) is 0 Å². The molecule has 2 rings (SSSR count). The number of esters is 1. The number of benzene rings is 2. The number of hydrogen-bond acceptors (Lipinski definition) is 5. The van der Waals surface area contributed by atoms with Gasteiger partial charge in [0.15, 0.2) is 6.61 Å². The van der Waals surface area contributed by atoms with Gasteiger partial charge in [-0.15, -0.1) is 0 Å². The maximum Gasteiger partial charge on any atom is 0.331 e. The van der Waals surface area contributed by atoms with Crippen molar-refractivity contribution in [2.45, 2.75) is 6.92 Å². The van der Waals surface area contributed by atoms with Gasteiger partial charge in [-0.25, -0.2) is 4.79 Å². The van der Waals surface area contributed by atoms with E-state index in [-0.39, 0.29) is 0 Å². The third kappa shape index (κ3) is 5.37. The summed E-state index contributed by atoms with van der Waals surface area (Å²) in [6.07, 6.45) is 2.95. The minimum Gasteiger partial charge on any atom is -0.497 e. The molecule has 0 atom stereocenters. The second-order valence-corrected chi connectivity index (χ2v) is 5.41. The average molecular weight is 355 g/mol. The van der Waals surface area contributed by atoms with Crippen molar-refractivity contribution < 1.29 is 23.8 Å². The Kier molecular flexibility index (Phi) is 6.79. The third-order valence-electron chi connectivity index (χ3n) is 3.62. The van der Waals surface area contributed by atoms with Gasteiger partial charge < -0.3 is 19.5 Å². The highest BCUT2D eigenvalue weighted by Gasteiger charge is 2.10. The van der Waals surface area contributed by atoms with Crippen LogP contribution in [0.4, 0.5) is 5.69 Å². The standard InChI is InChI=1S/C20H21NO5/c1-14-6-4-5-7-15(14)8-11-20(23)26-13-19(22)21-17-10-9-16(24-2)12-18(17)25-3/h4-12H,13H2,1-3H3,(H,21,22)/b11-8+. The summed E-state index contributed by atoms with van der Waals surface area (Å²) >= 11 is 0. The molecule has 2 aromatic carbocycles. The van der Waals surface area contributed by atoms with Crippen molar-refractivity contribution in [2.75, 3.05) is 26.1 Å². The summed E-state index contributed by atoms with van der Waals surface area (Å²) in [5.41, 5.74) is 2.42. The van der Waals surface area contributed by atoms with Gasteiger partial charge in [-0.05, 0) is 36.3 Å². The average Bonchev–Trinajstić information content (AvgIpc) is 2.66. The Bertz CT molecular complexity index is 814. The Morgan fingerprint density at radius 2 is 1.85 bits per heavy atom. The van der Waals surface area contributed by atoms with E-state index in [1.165, 1.54) is 20.3 Å². The van der Waals surface area contributed by atoms with Gasteiger partial charge in [0.05, 0.1) is 19.9 Å². The Labute approximate surface area is 152 Å². The summed E-state index contributed by atoms with van der Waals surface area (Å²) < 4.78 is 15.2. The van der Waals surface area contributed by atoms with Crippen molar-refractivity contribution in [3.05, 3.63) is 59.7 Å². The largest absolute Gasteiger partial charge is 0.497 e. The third-order valence-corrected chi connectivity index (χ3v) is 3.62. The van der Waals surface area contributed by atoms with Gasteiger partial charge in [-0.3, -0.25) is 4.79 Å².